The van der Waals surface area contributed by atoms with Crippen LogP contribution >= 0.6 is 24.8 Å². The number of carbonyl (C=O) groups is 1. The van der Waals surface area contributed by atoms with E-state index in [-0.39, 0.29) is 30.5 Å². The van der Waals surface area contributed by atoms with Crippen LogP contribution in [0.3, 0.4) is 0 Å². The summed E-state index contributed by atoms with van der Waals surface area (Å²) < 4.78 is 1.59. The molecule has 3 N–H and O–H groups in total. The summed E-state index contributed by atoms with van der Waals surface area (Å²) in [5.74, 6) is -0.0383. The van der Waals surface area contributed by atoms with Crippen LogP contribution < -0.4 is 10.6 Å². The Balaban J connectivity index is 0.00000140. The van der Waals surface area contributed by atoms with Gasteiger partial charge in [-0.05, 0) is 36.6 Å². The normalized spacial score (nSPS) is 12.5. The molecule has 0 saturated carbocycles. The first-order valence-electron chi connectivity index (χ1n) is 8.15. The summed E-state index contributed by atoms with van der Waals surface area (Å²) in [5.41, 5.74) is 9.33. The van der Waals surface area contributed by atoms with Crippen LogP contribution in [-0.2, 0) is 13.0 Å². The fourth-order valence-electron chi connectivity index (χ4n) is 3.23. The Labute approximate surface area is 173 Å². The number of carboxylic acid groups (broad SMARTS) is 1. The monoisotopic (exact) mass is 423 g/mol. The molecule has 0 fully saturated rings. The molecule has 0 atom stereocenters. The fourth-order valence-corrected chi connectivity index (χ4v) is 3.23. The van der Waals surface area contributed by atoms with Gasteiger partial charge < -0.3 is 15.7 Å². The van der Waals surface area contributed by atoms with Gasteiger partial charge in [-0.15, -0.1) is 29.9 Å². The first kappa shape index (κ1) is 21.4. The van der Waals surface area contributed by atoms with Crippen molar-refractivity contribution in [2.24, 2.45) is 0 Å². The number of rotatable bonds is 3. The highest BCUT2D eigenvalue weighted by Crippen LogP contribution is 2.27. The highest BCUT2D eigenvalue weighted by molar-refractivity contribution is 5.86. The minimum absolute atomic E-state index is 0. The number of nitrogen functional groups attached to an aromatic ring is 1. The number of hydrogen-bond acceptors (Lipinski definition) is 7. The van der Waals surface area contributed by atoms with Crippen LogP contribution in [0.25, 0.3) is 5.69 Å². The van der Waals surface area contributed by atoms with Gasteiger partial charge >= 0.3 is 5.97 Å². The van der Waals surface area contributed by atoms with Crippen molar-refractivity contribution in [2.45, 2.75) is 19.9 Å². The van der Waals surface area contributed by atoms with Crippen molar-refractivity contribution >= 4 is 42.5 Å². The zero-order valence-electron chi connectivity index (χ0n) is 14.9. The molecule has 11 heteroatoms. The molecule has 3 heterocycles. The Kier molecular flexibility index (Phi) is 6.42. The summed E-state index contributed by atoms with van der Waals surface area (Å²) >= 11 is 0. The molecule has 0 radical (unpaired) electrons. The highest BCUT2D eigenvalue weighted by Gasteiger charge is 2.24. The molecule has 0 aliphatic carbocycles. The molecule has 1 aromatic carbocycles. The van der Waals surface area contributed by atoms with Crippen molar-refractivity contribution < 1.29 is 9.90 Å². The molecular weight excluding hydrogens is 405 g/mol. The van der Waals surface area contributed by atoms with Crippen LogP contribution in [0, 0.1) is 6.92 Å². The van der Waals surface area contributed by atoms with E-state index in [4.69, 9.17) is 5.73 Å². The average Bonchev–Trinajstić information content (AvgIpc) is 3.02. The smallest absolute Gasteiger partial charge is 0.358 e. The van der Waals surface area contributed by atoms with Crippen molar-refractivity contribution in [1.29, 1.82) is 0 Å². The van der Waals surface area contributed by atoms with Crippen LogP contribution in [0.15, 0.2) is 30.5 Å². The van der Waals surface area contributed by atoms with E-state index >= 15 is 0 Å². The number of anilines is 2. The molecule has 28 heavy (non-hydrogen) atoms. The lowest BCUT2D eigenvalue weighted by Gasteiger charge is -2.30. The summed E-state index contributed by atoms with van der Waals surface area (Å²) in [4.78, 5) is 21.9. The van der Waals surface area contributed by atoms with Gasteiger partial charge in [0.15, 0.2) is 5.69 Å². The van der Waals surface area contributed by atoms with E-state index in [1.54, 1.807) is 23.9 Å². The zero-order chi connectivity index (χ0) is 18.3. The topological polar surface area (TPSA) is 123 Å². The van der Waals surface area contributed by atoms with E-state index < -0.39 is 5.97 Å². The second-order valence-electron chi connectivity index (χ2n) is 6.11. The number of aromatic nitrogens is 5. The Morgan fingerprint density at radius 2 is 2.04 bits per heavy atom. The van der Waals surface area contributed by atoms with Gasteiger partial charge in [-0.3, -0.25) is 0 Å². The minimum atomic E-state index is -1.08. The molecule has 0 spiro atoms. The summed E-state index contributed by atoms with van der Waals surface area (Å²) in [5, 5.41) is 17.0. The molecular formula is C17H19Cl2N7O2. The fraction of sp³-hybridized carbons (Fsp3) is 0.235. The van der Waals surface area contributed by atoms with Gasteiger partial charge in [-0.25, -0.2) is 14.5 Å². The maximum atomic E-state index is 11.2. The van der Waals surface area contributed by atoms with Gasteiger partial charge in [0.2, 0.25) is 5.95 Å². The first-order chi connectivity index (χ1) is 12.5. The number of nitrogens with two attached hydrogens (primary N) is 1. The molecule has 1 aliphatic heterocycles. The van der Waals surface area contributed by atoms with Gasteiger partial charge in [0, 0.05) is 19.3 Å². The third kappa shape index (κ3) is 3.71. The SMILES string of the molecule is Cc1c(C(=O)O)nnn1-c1cccc2c1CCN(c1nccc(N)n1)C2.Cl.Cl. The molecule has 2 aromatic heterocycles. The van der Waals surface area contributed by atoms with E-state index in [9.17, 15) is 9.90 Å². The molecule has 148 valence electrons. The second-order valence-corrected chi connectivity index (χ2v) is 6.11. The Morgan fingerprint density at radius 3 is 2.71 bits per heavy atom. The number of benzene rings is 1. The van der Waals surface area contributed by atoms with Gasteiger partial charge in [0.1, 0.15) is 5.82 Å². The van der Waals surface area contributed by atoms with Gasteiger partial charge in [-0.1, -0.05) is 17.3 Å². The number of aromatic carboxylic acids is 1. The zero-order valence-corrected chi connectivity index (χ0v) is 16.6. The van der Waals surface area contributed by atoms with Crippen LogP contribution in [0.4, 0.5) is 11.8 Å². The highest BCUT2D eigenvalue weighted by atomic mass is 35.5. The lowest BCUT2D eigenvalue weighted by molar-refractivity contribution is 0.0689. The van der Waals surface area contributed by atoms with Crippen LogP contribution in [-0.4, -0.2) is 42.6 Å². The summed E-state index contributed by atoms with van der Waals surface area (Å²) in [6.45, 7) is 3.08. The van der Waals surface area contributed by atoms with E-state index in [1.807, 2.05) is 18.2 Å². The minimum Gasteiger partial charge on any atom is -0.476 e. The molecule has 1 aliphatic rings. The summed E-state index contributed by atoms with van der Waals surface area (Å²) in [6.07, 6.45) is 2.40. The van der Waals surface area contributed by atoms with E-state index in [2.05, 4.69) is 25.2 Å². The van der Waals surface area contributed by atoms with Crippen molar-refractivity contribution in [2.75, 3.05) is 17.2 Å². The van der Waals surface area contributed by atoms with E-state index in [1.165, 1.54) is 0 Å². The summed E-state index contributed by atoms with van der Waals surface area (Å²) in [7, 11) is 0. The summed E-state index contributed by atoms with van der Waals surface area (Å²) in [6, 6.07) is 7.56. The van der Waals surface area contributed by atoms with E-state index in [0.29, 0.717) is 24.0 Å². The molecule has 0 bridgehead atoms. The maximum Gasteiger partial charge on any atom is 0.358 e. The van der Waals surface area contributed by atoms with Crippen molar-refractivity contribution in [3.8, 4) is 5.69 Å². The number of fused-ring (bicyclic) bond motifs is 1. The van der Waals surface area contributed by atoms with Crippen LogP contribution in [0.5, 0.6) is 0 Å². The lowest BCUT2D eigenvalue weighted by Crippen LogP contribution is -2.32. The number of carboxylic acids is 1. The van der Waals surface area contributed by atoms with Gasteiger partial charge in [0.25, 0.3) is 0 Å². The second kappa shape index (κ2) is 8.41. The third-order valence-electron chi connectivity index (χ3n) is 4.51. The van der Waals surface area contributed by atoms with E-state index in [0.717, 1.165) is 29.8 Å². The first-order valence-corrected chi connectivity index (χ1v) is 8.15. The third-order valence-corrected chi connectivity index (χ3v) is 4.51. The predicted octanol–water partition coefficient (Wildman–Crippen LogP) is 2.05. The van der Waals surface area contributed by atoms with Crippen molar-refractivity contribution in [3.63, 3.8) is 0 Å². The lowest BCUT2D eigenvalue weighted by atomic mass is 9.98. The Hall–Kier alpha value is -2.91. The number of hydrogen-bond donors (Lipinski definition) is 2. The van der Waals surface area contributed by atoms with Gasteiger partial charge in [-0.2, -0.15) is 4.98 Å². The van der Waals surface area contributed by atoms with Crippen LogP contribution in [0.2, 0.25) is 0 Å². The molecule has 9 nitrogen and oxygen atoms in total. The Morgan fingerprint density at radius 1 is 1.25 bits per heavy atom. The molecule has 0 saturated heterocycles. The molecule has 0 unspecified atom stereocenters. The molecule has 0 amide bonds. The average molecular weight is 424 g/mol. The predicted molar refractivity (Wildman–Crippen MR) is 109 cm³/mol. The molecule has 3 aromatic rings. The van der Waals surface area contributed by atoms with Gasteiger partial charge in [0.05, 0.1) is 11.4 Å². The Bertz CT molecular complexity index is 1010. The maximum absolute atomic E-state index is 11.2. The van der Waals surface area contributed by atoms with Crippen molar-refractivity contribution in [3.05, 3.63) is 53.0 Å². The molecule has 4 rings (SSSR count). The largest absolute Gasteiger partial charge is 0.476 e. The number of halogens is 2. The van der Waals surface area contributed by atoms with Crippen LogP contribution in [0.1, 0.15) is 27.3 Å². The quantitative estimate of drug-likeness (QED) is 0.655. The standard InChI is InChI=1S/C17H17N7O2.2ClH/c1-10-15(16(25)26)21-22-24(10)13-4-2-3-11-9-23(8-6-12(11)13)17-19-7-5-14(18)20-17;;/h2-5,7H,6,8-9H2,1H3,(H,25,26)(H2,18,19,20);2*1H. The van der Waals surface area contributed by atoms with Crippen molar-refractivity contribution in [1.82, 2.24) is 25.0 Å². The number of nitrogens with zero attached hydrogens (tertiary/aromatic N) is 6.